The maximum atomic E-state index is 12.3. The van der Waals surface area contributed by atoms with E-state index in [1.165, 1.54) is 5.70 Å². The normalized spacial score (nSPS) is 22.8. The van der Waals surface area contributed by atoms with Gasteiger partial charge in [0.25, 0.3) is 0 Å². The first kappa shape index (κ1) is 29.8. The van der Waals surface area contributed by atoms with E-state index in [0.717, 1.165) is 79.1 Å². The summed E-state index contributed by atoms with van der Waals surface area (Å²) in [6.07, 6.45) is 10.3. The van der Waals surface area contributed by atoms with Crippen LogP contribution in [0.3, 0.4) is 0 Å². The first-order valence-electron chi connectivity index (χ1n) is 14.4. The average molecular weight is 517 g/mol. The molecule has 1 aromatic carbocycles. The number of carbonyl (C=O) groups is 1. The SMILES string of the molecule is C\C=C(/C=C\C(=N\C(=C/C(C)=O)c1ccc(C)c(N=C(C)C(C)CC)c1)C(C)CC)N1CC2CNC[C@H]2C1. The highest BCUT2D eigenvalue weighted by atomic mass is 16.1. The van der Waals surface area contributed by atoms with Gasteiger partial charge >= 0.3 is 0 Å². The Balaban J connectivity index is 1.96. The summed E-state index contributed by atoms with van der Waals surface area (Å²) in [4.78, 5) is 24.8. The number of aliphatic imine (C=N–C) groups is 2. The number of allylic oxidation sites excluding steroid dienone is 4. The maximum Gasteiger partial charge on any atom is 0.154 e. The number of likely N-dealkylation sites (tertiary alicyclic amines) is 1. The quantitative estimate of drug-likeness (QED) is 0.193. The lowest BCUT2D eigenvalue weighted by Gasteiger charge is -2.21. The molecule has 2 saturated heterocycles. The van der Waals surface area contributed by atoms with Crippen molar-refractivity contribution in [1.82, 2.24) is 10.2 Å². The van der Waals surface area contributed by atoms with Crippen molar-refractivity contribution in [3.63, 3.8) is 0 Å². The van der Waals surface area contributed by atoms with Crippen molar-refractivity contribution in [2.24, 2.45) is 33.7 Å². The van der Waals surface area contributed by atoms with Crippen molar-refractivity contribution >= 4 is 28.6 Å². The molecule has 3 unspecified atom stereocenters. The Morgan fingerprint density at radius 1 is 1.08 bits per heavy atom. The van der Waals surface area contributed by atoms with E-state index in [-0.39, 0.29) is 11.7 Å². The highest BCUT2D eigenvalue weighted by Crippen LogP contribution is 2.30. The third-order valence-corrected chi connectivity index (χ3v) is 8.31. The number of aryl methyl sites for hydroxylation is 1. The second-order valence-corrected chi connectivity index (χ2v) is 11.2. The number of carbonyl (C=O) groups excluding carboxylic acids is 1. The molecule has 3 rings (SSSR count). The number of rotatable bonds is 11. The highest BCUT2D eigenvalue weighted by Gasteiger charge is 2.36. The minimum atomic E-state index is -0.0102. The maximum absolute atomic E-state index is 12.3. The molecule has 0 aliphatic carbocycles. The Kier molecular flexibility index (Phi) is 10.8. The van der Waals surface area contributed by atoms with Crippen molar-refractivity contribution in [1.29, 1.82) is 0 Å². The largest absolute Gasteiger partial charge is 0.371 e. The summed E-state index contributed by atoms with van der Waals surface area (Å²) in [6.45, 7) is 21.1. The molecule has 5 nitrogen and oxygen atoms in total. The fourth-order valence-electron chi connectivity index (χ4n) is 5.14. The number of nitrogens with one attached hydrogen (secondary N) is 1. The van der Waals surface area contributed by atoms with E-state index in [9.17, 15) is 4.79 Å². The number of hydrogen-bond acceptors (Lipinski definition) is 5. The van der Waals surface area contributed by atoms with Crippen LogP contribution < -0.4 is 5.32 Å². The molecule has 0 aromatic heterocycles. The van der Waals surface area contributed by atoms with Gasteiger partial charge in [-0.15, -0.1) is 0 Å². The fraction of sp³-hybridized carbons (Fsp3) is 0.545. The van der Waals surface area contributed by atoms with E-state index >= 15 is 0 Å². The van der Waals surface area contributed by atoms with Gasteiger partial charge in [0, 0.05) is 54.9 Å². The lowest BCUT2D eigenvalue weighted by Crippen LogP contribution is -2.24. The third kappa shape index (κ3) is 7.63. The third-order valence-electron chi connectivity index (χ3n) is 8.31. The fourth-order valence-corrected chi connectivity index (χ4v) is 5.14. The zero-order valence-electron chi connectivity index (χ0n) is 24.8. The Morgan fingerprint density at radius 3 is 2.32 bits per heavy atom. The van der Waals surface area contributed by atoms with E-state index in [2.05, 4.69) is 95.1 Å². The first-order chi connectivity index (χ1) is 18.2. The lowest BCUT2D eigenvalue weighted by atomic mass is 10.0. The van der Waals surface area contributed by atoms with Crippen LogP contribution in [0.1, 0.15) is 72.4 Å². The van der Waals surface area contributed by atoms with Crippen molar-refractivity contribution in [2.45, 2.75) is 68.2 Å². The topological polar surface area (TPSA) is 57.1 Å². The molecule has 2 fully saturated rings. The van der Waals surface area contributed by atoms with Crippen LogP contribution in [0.2, 0.25) is 0 Å². The Labute approximate surface area is 230 Å². The van der Waals surface area contributed by atoms with Crippen LogP contribution in [0, 0.1) is 30.6 Å². The summed E-state index contributed by atoms with van der Waals surface area (Å²) >= 11 is 0. The Hall–Kier alpha value is -2.79. The second-order valence-electron chi connectivity index (χ2n) is 11.2. The monoisotopic (exact) mass is 516 g/mol. The van der Waals surface area contributed by atoms with Gasteiger partial charge in [-0.3, -0.25) is 14.8 Å². The van der Waals surface area contributed by atoms with Gasteiger partial charge in [0.15, 0.2) is 5.78 Å². The predicted molar refractivity (Wildman–Crippen MR) is 163 cm³/mol. The van der Waals surface area contributed by atoms with Gasteiger partial charge in [-0.25, -0.2) is 0 Å². The van der Waals surface area contributed by atoms with E-state index in [1.807, 2.05) is 0 Å². The van der Waals surface area contributed by atoms with Crippen LogP contribution >= 0.6 is 0 Å². The molecule has 0 saturated carbocycles. The molecule has 4 atom stereocenters. The number of fused-ring (bicyclic) bond motifs is 1. The summed E-state index contributed by atoms with van der Waals surface area (Å²) in [5.74, 6) is 2.17. The van der Waals surface area contributed by atoms with Crippen LogP contribution in [-0.4, -0.2) is 48.3 Å². The lowest BCUT2D eigenvalue weighted by molar-refractivity contribution is -0.112. The van der Waals surface area contributed by atoms with Crippen molar-refractivity contribution in [3.05, 3.63) is 59.3 Å². The Bertz CT molecular complexity index is 1130. The molecule has 0 bridgehead atoms. The van der Waals surface area contributed by atoms with Gasteiger partial charge in [0.1, 0.15) is 0 Å². The van der Waals surface area contributed by atoms with Gasteiger partial charge in [0.05, 0.1) is 11.4 Å². The van der Waals surface area contributed by atoms with Gasteiger partial charge in [-0.1, -0.05) is 45.9 Å². The number of hydrogen-bond donors (Lipinski definition) is 1. The van der Waals surface area contributed by atoms with E-state index in [4.69, 9.17) is 9.98 Å². The molecule has 2 heterocycles. The summed E-state index contributed by atoms with van der Waals surface area (Å²) < 4.78 is 0. The van der Waals surface area contributed by atoms with Crippen LogP contribution in [0.25, 0.3) is 5.70 Å². The smallest absolute Gasteiger partial charge is 0.154 e. The van der Waals surface area contributed by atoms with Crippen molar-refractivity contribution in [3.8, 4) is 0 Å². The van der Waals surface area contributed by atoms with Gasteiger partial charge in [-0.05, 0) is 88.0 Å². The molecule has 0 spiro atoms. The molecule has 0 radical (unpaired) electrons. The molecule has 5 heteroatoms. The summed E-state index contributed by atoms with van der Waals surface area (Å²) in [5.41, 5.74) is 7.03. The number of benzene rings is 1. The van der Waals surface area contributed by atoms with Crippen molar-refractivity contribution < 1.29 is 4.79 Å². The van der Waals surface area contributed by atoms with Crippen molar-refractivity contribution in [2.75, 3.05) is 26.2 Å². The second kappa shape index (κ2) is 13.8. The van der Waals surface area contributed by atoms with E-state index < -0.39 is 0 Å². The zero-order valence-corrected chi connectivity index (χ0v) is 24.8. The molecular weight excluding hydrogens is 468 g/mol. The molecular formula is C33H48N4O. The first-order valence-corrected chi connectivity index (χ1v) is 14.4. The zero-order chi connectivity index (χ0) is 27.8. The van der Waals surface area contributed by atoms with E-state index in [0.29, 0.717) is 11.6 Å². The van der Waals surface area contributed by atoms with Gasteiger partial charge < -0.3 is 10.2 Å². The molecule has 2 aliphatic heterocycles. The molecule has 1 aromatic rings. The van der Waals surface area contributed by atoms with Crippen LogP contribution in [0.4, 0.5) is 5.69 Å². The molecule has 2 aliphatic rings. The highest BCUT2D eigenvalue weighted by molar-refractivity contribution is 6.03. The van der Waals surface area contributed by atoms with Gasteiger partial charge in [0.2, 0.25) is 0 Å². The van der Waals surface area contributed by atoms with Crippen LogP contribution in [-0.2, 0) is 4.79 Å². The molecule has 1 N–H and O–H groups in total. The summed E-state index contributed by atoms with van der Waals surface area (Å²) in [6, 6.07) is 6.21. The number of nitrogens with zero attached hydrogens (tertiary/aromatic N) is 3. The molecule has 206 valence electrons. The minimum Gasteiger partial charge on any atom is -0.371 e. The summed E-state index contributed by atoms with van der Waals surface area (Å²) in [5, 5.41) is 3.53. The van der Waals surface area contributed by atoms with Gasteiger partial charge in [-0.2, -0.15) is 0 Å². The molecule has 38 heavy (non-hydrogen) atoms. The number of ketones is 1. The minimum absolute atomic E-state index is 0.0102. The van der Waals surface area contributed by atoms with Crippen LogP contribution in [0.5, 0.6) is 0 Å². The van der Waals surface area contributed by atoms with Crippen LogP contribution in [0.15, 0.2) is 58.2 Å². The Morgan fingerprint density at radius 2 is 1.74 bits per heavy atom. The van der Waals surface area contributed by atoms with E-state index in [1.54, 1.807) is 13.0 Å². The predicted octanol–water partition coefficient (Wildman–Crippen LogP) is 7.16. The summed E-state index contributed by atoms with van der Waals surface area (Å²) in [7, 11) is 0. The standard InChI is InChI=1S/C33H48N4O/c1-9-22(4)26(8)35-32-17-27(13-12-24(32)6)33(16-25(7)38)36-31(23(5)10-2)15-14-30(11-3)37-20-28-18-34-19-29(28)21-37/h11-17,22-23,28-29,34H,9-10,18-21H2,1-8H3/b15-14-,30-11+,33-16-,35-26?,36-31-/t22?,23?,28-,29?/m0/s1. The molecule has 0 amide bonds. The average Bonchev–Trinajstić information content (AvgIpc) is 3.50.